The van der Waals surface area contributed by atoms with Crippen LogP contribution < -0.4 is 0 Å². The maximum Gasteiger partial charge on any atom is 0.311 e. The summed E-state index contributed by atoms with van der Waals surface area (Å²) in [7, 11) is 0. The smallest absolute Gasteiger partial charge is 0.311 e. The van der Waals surface area contributed by atoms with Crippen LogP contribution in [0, 0.1) is 0 Å². The van der Waals surface area contributed by atoms with E-state index < -0.39 is 11.9 Å². The van der Waals surface area contributed by atoms with Gasteiger partial charge in [0.25, 0.3) is 0 Å². The van der Waals surface area contributed by atoms with Crippen LogP contribution in [-0.2, 0) is 4.79 Å². The molecule has 108 valence electrons. The lowest BCUT2D eigenvalue weighted by molar-refractivity contribution is -0.138. The zero-order valence-corrected chi connectivity index (χ0v) is 12.6. The third kappa shape index (κ3) is 5.87. The number of carboxylic acids is 1. The van der Waals surface area contributed by atoms with Crippen LogP contribution >= 0.6 is 0 Å². The molecule has 0 fully saturated rings. The van der Waals surface area contributed by atoms with E-state index in [9.17, 15) is 9.90 Å². The highest BCUT2D eigenvalue weighted by molar-refractivity contribution is 5.76. The average Bonchev–Trinajstić information content (AvgIpc) is 2.39. The number of allylic oxidation sites excluding steroid dienone is 4. The van der Waals surface area contributed by atoms with Crippen LogP contribution in [0.5, 0.6) is 0 Å². The first kappa shape index (κ1) is 16.2. The lowest BCUT2D eigenvalue weighted by atomic mass is 9.94. The van der Waals surface area contributed by atoms with Crippen molar-refractivity contribution in [2.75, 3.05) is 0 Å². The minimum atomic E-state index is -0.760. The zero-order valence-electron chi connectivity index (χ0n) is 12.6. The van der Waals surface area contributed by atoms with Gasteiger partial charge >= 0.3 is 5.97 Å². The van der Waals surface area contributed by atoms with Crippen LogP contribution in [0.25, 0.3) is 0 Å². The van der Waals surface area contributed by atoms with Crippen molar-refractivity contribution in [2.45, 2.75) is 46.0 Å². The second-order valence-electron chi connectivity index (χ2n) is 5.41. The van der Waals surface area contributed by atoms with Crippen molar-refractivity contribution in [3.8, 4) is 0 Å². The summed E-state index contributed by atoms with van der Waals surface area (Å²) < 4.78 is 0. The molecule has 0 spiro atoms. The van der Waals surface area contributed by atoms with Crippen LogP contribution in [0.2, 0.25) is 0 Å². The fourth-order valence-electron chi connectivity index (χ4n) is 2.07. The second kappa shape index (κ2) is 8.36. The highest BCUT2D eigenvalue weighted by atomic mass is 16.4. The van der Waals surface area contributed by atoms with E-state index in [0.717, 1.165) is 18.4 Å². The molecule has 0 radical (unpaired) electrons. The predicted molar refractivity (Wildman–Crippen MR) is 83.9 cm³/mol. The molecule has 0 aromatic heterocycles. The van der Waals surface area contributed by atoms with Gasteiger partial charge in [-0.25, -0.2) is 0 Å². The molecule has 2 heteroatoms. The van der Waals surface area contributed by atoms with Gasteiger partial charge in [-0.2, -0.15) is 0 Å². The van der Waals surface area contributed by atoms with E-state index in [0.29, 0.717) is 6.42 Å². The van der Waals surface area contributed by atoms with Crippen molar-refractivity contribution in [1.29, 1.82) is 0 Å². The number of rotatable bonds is 7. The summed E-state index contributed by atoms with van der Waals surface area (Å²) >= 11 is 0. The Bertz CT molecular complexity index is 479. The number of carbonyl (C=O) groups is 1. The molecule has 2 nitrogen and oxygen atoms in total. The Morgan fingerprint density at radius 2 is 1.80 bits per heavy atom. The molecular weight excluding hydrogens is 248 g/mol. The number of aliphatic carboxylic acids is 1. The van der Waals surface area contributed by atoms with Crippen LogP contribution in [0.4, 0.5) is 0 Å². The summed E-state index contributed by atoms with van der Waals surface area (Å²) in [4.78, 5) is 11.4. The van der Waals surface area contributed by atoms with E-state index in [4.69, 9.17) is 0 Å². The molecule has 1 rings (SSSR count). The number of hydrogen-bond donors (Lipinski definition) is 1. The van der Waals surface area contributed by atoms with Crippen molar-refractivity contribution in [3.63, 3.8) is 0 Å². The zero-order chi connectivity index (χ0) is 15.0. The van der Waals surface area contributed by atoms with E-state index in [-0.39, 0.29) is 0 Å². The van der Waals surface area contributed by atoms with Gasteiger partial charge in [0.05, 0.1) is 5.92 Å². The molecule has 0 saturated heterocycles. The first-order chi connectivity index (χ1) is 9.50. The lowest BCUT2D eigenvalue weighted by Gasteiger charge is -2.11. The molecule has 0 bridgehead atoms. The first-order valence-corrected chi connectivity index (χ1v) is 7.07. The van der Waals surface area contributed by atoms with Gasteiger partial charge < -0.3 is 5.11 Å². The highest BCUT2D eigenvalue weighted by Gasteiger charge is 2.17. The standard InChI is InChI=1S/C18H24O2/c1-14(2)8-7-9-15(3)12-13-17(18(19)20)16-10-5-4-6-11-16/h4-6,8,10-12,17H,7,9,13H2,1-3H3,(H,19,20). The molecule has 1 atom stereocenters. The van der Waals surface area contributed by atoms with Gasteiger partial charge in [-0.05, 0) is 45.6 Å². The number of carboxylic acid groups (broad SMARTS) is 1. The first-order valence-electron chi connectivity index (χ1n) is 7.07. The van der Waals surface area contributed by atoms with Gasteiger partial charge in [0.2, 0.25) is 0 Å². The van der Waals surface area contributed by atoms with Crippen LogP contribution in [-0.4, -0.2) is 11.1 Å². The van der Waals surface area contributed by atoms with Gasteiger partial charge in [-0.1, -0.05) is 53.6 Å². The minimum Gasteiger partial charge on any atom is -0.481 e. The molecule has 0 amide bonds. The van der Waals surface area contributed by atoms with Gasteiger partial charge in [0.1, 0.15) is 0 Å². The van der Waals surface area contributed by atoms with Gasteiger partial charge in [-0.3, -0.25) is 4.79 Å². The SMILES string of the molecule is CC(C)=CCCC(C)=CCC(C(=O)O)c1ccccc1. The normalized spacial score (nSPS) is 12.8. The number of hydrogen-bond acceptors (Lipinski definition) is 1. The molecular formula is C18H24O2. The molecule has 20 heavy (non-hydrogen) atoms. The van der Waals surface area contributed by atoms with Gasteiger partial charge in [0, 0.05) is 0 Å². The van der Waals surface area contributed by atoms with E-state index in [1.165, 1.54) is 11.1 Å². The topological polar surface area (TPSA) is 37.3 Å². The molecule has 1 N–H and O–H groups in total. The molecule has 0 aliphatic rings. The molecule has 1 aromatic rings. The number of benzene rings is 1. The van der Waals surface area contributed by atoms with Crippen molar-refractivity contribution < 1.29 is 9.90 Å². The van der Waals surface area contributed by atoms with Crippen molar-refractivity contribution in [2.24, 2.45) is 0 Å². The summed E-state index contributed by atoms with van der Waals surface area (Å²) in [5.74, 6) is -1.21. The molecule has 0 saturated carbocycles. The Labute approximate surface area is 121 Å². The lowest BCUT2D eigenvalue weighted by Crippen LogP contribution is -2.10. The summed E-state index contributed by atoms with van der Waals surface area (Å²) in [6.07, 6.45) is 6.84. The largest absolute Gasteiger partial charge is 0.481 e. The highest BCUT2D eigenvalue weighted by Crippen LogP contribution is 2.21. The van der Waals surface area contributed by atoms with Crippen LogP contribution in [0.3, 0.4) is 0 Å². The predicted octanol–water partition coefficient (Wildman–Crippen LogP) is 4.94. The van der Waals surface area contributed by atoms with Crippen molar-refractivity contribution in [1.82, 2.24) is 0 Å². The molecule has 1 unspecified atom stereocenters. The summed E-state index contributed by atoms with van der Waals surface area (Å²) in [5, 5.41) is 9.35. The summed E-state index contributed by atoms with van der Waals surface area (Å²) in [6.45, 7) is 6.26. The van der Waals surface area contributed by atoms with Crippen molar-refractivity contribution >= 4 is 5.97 Å². The third-order valence-electron chi connectivity index (χ3n) is 3.29. The van der Waals surface area contributed by atoms with E-state index in [2.05, 4.69) is 32.9 Å². The Morgan fingerprint density at radius 3 is 2.35 bits per heavy atom. The average molecular weight is 272 g/mol. The molecule has 0 heterocycles. The van der Waals surface area contributed by atoms with Crippen LogP contribution in [0.1, 0.15) is 51.5 Å². The molecule has 0 aliphatic carbocycles. The van der Waals surface area contributed by atoms with E-state index >= 15 is 0 Å². The Kier molecular flexibility index (Phi) is 6.78. The quantitative estimate of drug-likeness (QED) is 0.714. The summed E-state index contributed by atoms with van der Waals surface area (Å²) in [5.41, 5.74) is 3.45. The Hall–Kier alpha value is -1.83. The molecule has 1 aromatic carbocycles. The molecule has 0 aliphatic heterocycles. The maximum absolute atomic E-state index is 11.4. The Morgan fingerprint density at radius 1 is 1.15 bits per heavy atom. The second-order valence-corrected chi connectivity index (χ2v) is 5.41. The fraction of sp³-hybridized carbons (Fsp3) is 0.389. The van der Waals surface area contributed by atoms with E-state index in [1.54, 1.807) is 0 Å². The van der Waals surface area contributed by atoms with E-state index in [1.807, 2.05) is 30.3 Å². The third-order valence-corrected chi connectivity index (χ3v) is 3.29. The maximum atomic E-state index is 11.4. The summed E-state index contributed by atoms with van der Waals surface area (Å²) in [6, 6.07) is 9.44. The van der Waals surface area contributed by atoms with Crippen LogP contribution in [0.15, 0.2) is 53.6 Å². The van der Waals surface area contributed by atoms with Gasteiger partial charge in [-0.15, -0.1) is 0 Å². The monoisotopic (exact) mass is 272 g/mol. The Balaban J connectivity index is 2.63. The van der Waals surface area contributed by atoms with Crippen molar-refractivity contribution in [3.05, 3.63) is 59.2 Å². The fourth-order valence-corrected chi connectivity index (χ4v) is 2.07. The minimum absolute atomic E-state index is 0.449. The van der Waals surface area contributed by atoms with Gasteiger partial charge in [0.15, 0.2) is 0 Å².